The summed E-state index contributed by atoms with van der Waals surface area (Å²) in [7, 11) is 0. The third-order valence-corrected chi connectivity index (χ3v) is 5.06. The lowest BCUT2D eigenvalue weighted by molar-refractivity contribution is -0.384. The molecule has 0 saturated heterocycles. The van der Waals surface area contributed by atoms with Gasteiger partial charge < -0.3 is 5.32 Å². The van der Waals surface area contributed by atoms with Gasteiger partial charge in [-0.1, -0.05) is 35.9 Å². The Bertz CT molecular complexity index is 851. The average Bonchev–Trinajstić information content (AvgIpc) is 3.04. The average molecular weight is 345 g/mol. The number of benzene rings is 2. The van der Waals surface area contributed by atoms with Gasteiger partial charge in [0.25, 0.3) is 5.69 Å². The van der Waals surface area contributed by atoms with Gasteiger partial charge in [-0.05, 0) is 41.7 Å². The molecule has 2 aliphatic rings. The van der Waals surface area contributed by atoms with Crippen molar-refractivity contribution in [1.82, 2.24) is 0 Å². The minimum absolute atomic E-state index is 0.0247. The number of allylic oxidation sites excluding steroid dienone is 2. The van der Waals surface area contributed by atoms with E-state index in [1.807, 2.05) is 0 Å². The first-order chi connectivity index (χ1) is 11.5. The van der Waals surface area contributed by atoms with Crippen LogP contribution in [-0.2, 0) is 0 Å². The molecule has 122 valence electrons. The maximum Gasteiger partial charge on any atom is 0.294 e. The van der Waals surface area contributed by atoms with Crippen molar-refractivity contribution >= 4 is 23.0 Å². The van der Waals surface area contributed by atoms with Crippen LogP contribution in [-0.4, -0.2) is 4.92 Å². The fourth-order valence-electron chi connectivity index (χ4n) is 3.79. The number of nitrogens with one attached hydrogen (secondary N) is 1. The summed E-state index contributed by atoms with van der Waals surface area (Å²) in [6, 6.07) is 9.35. The van der Waals surface area contributed by atoms with E-state index < -0.39 is 4.92 Å². The van der Waals surface area contributed by atoms with E-state index in [0.717, 1.165) is 17.5 Å². The number of nitrogens with zero attached hydrogens (tertiary/aromatic N) is 1. The van der Waals surface area contributed by atoms with Crippen LogP contribution in [0.15, 0.2) is 48.6 Å². The van der Waals surface area contributed by atoms with Crippen molar-refractivity contribution in [2.75, 3.05) is 5.32 Å². The van der Waals surface area contributed by atoms with E-state index >= 15 is 0 Å². The van der Waals surface area contributed by atoms with Crippen molar-refractivity contribution in [2.45, 2.75) is 18.4 Å². The van der Waals surface area contributed by atoms with E-state index in [9.17, 15) is 14.5 Å². The summed E-state index contributed by atoms with van der Waals surface area (Å²) in [5.41, 5.74) is 2.26. The highest BCUT2D eigenvalue weighted by Crippen LogP contribution is 2.52. The van der Waals surface area contributed by atoms with Gasteiger partial charge in [-0.3, -0.25) is 10.1 Å². The zero-order valence-corrected chi connectivity index (χ0v) is 13.3. The fourth-order valence-corrected chi connectivity index (χ4v) is 4.01. The van der Waals surface area contributed by atoms with E-state index in [0.29, 0.717) is 10.7 Å². The lowest BCUT2D eigenvalue weighted by Gasteiger charge is -2.37. The van der Waals surface area contributed by atoms with Gasteiger partial charge in [0.1, 0.15) is 11.5 Å². The quantitative estimate of drug-likeness (QED) is 0.462. The van der Waals surface area contributed by atoms with Gasteiger partial charge in [0.05, 0.1) is 11.0 Å². The van der Waals surface area contributed by atoms with Crippen LogP contribution in [0.4, 0.5) is 15.8 Å². The van der Waals surface area contributed by atoms with Crippen LogP contribution in [0.25, 0.3) is 0 Å². The Labute approximate surface area is 143 Å². The second-order valence-corrected chi connectivity index (χ2v) is 6.61. The zero-order chi connectivity index (χ0) is 16.8. The molecular weight excluding hydrogens is 331 g/mol. The van der Waals surface area contributed by atoms with E-state index in [1.54, 1.807) is 18.2 Å². The predicted molar refractivity (Wildman–Crippen MR) is 90.9 cm³/mol. The SMILES string of the molecule is O=[N+]([O-])c1cc(Cl)cc2c1N[C@H](c1ccc(F)cc1)[C@@H]1CC=C[C@@H]21. The standard InChI is InChI=1S/C18H14ClFN2O2/c19-11-8-15-13-2-1-3-14(13)17(10-4-6-12(20)7-5-10)21-18(15)16(9-11)22(23)24/h1-2,4-9,13-14,17,21H,3H2/t13-,14-,17-/m1/s1. The van der Waals surface area contributed by atoms with Gasteiger partial charge >= 0.3 is 0 Å². The first-order valence-corrected chi connectivity index (χ1v) is 8.09. The summed E-state index contributed by atoms with van der Waals surface area (Å²) in [5.74, 6) is -0.0106. The Morgan fingerprint density at radius 2 is 2.00 bits per heavy atom. The Balaban J connectivity index is 1.86. The normalized spacial score (nSPS) is 24.2. The van der Waals surface area contributed by atoms with Crippen LogP contribution in [0.5, 0.6) is 0 Å². The number of halogens is 2. The Hall–Kier alpha value is -2.40. The van der Waals surface area contributed by atoms with Gasteiger partial charge in [0.15, 0.2) is 0 Å². The summed E-state index contributed by atoms with van der Waals surface area (Å²) in [6.07, 6.45) is 5.04. The van der Waals surface area contributed by atoms with Crippen molar-refractivity contribution in [3.63, 3.8) is 0 Å². The fraction of sp³-hybridized carbons (Fsp3) is 0.222. The van der Waals surface area contributed by atoms with Crippen LogP contribution < -0.4 is 5.32 Å². The van der Waals surface area contributed by atoms with Crippen LogP contribution >= 0.6 is 11.6 Å². The third kappa shape index (κ3) is 2.36. The second kappa shape index (κ2) is 5.60. The highest BCUT2D eigenvalue weighted by Gasteiger charge is 2.40. The molecule has 1 aliphatic carbocycles. The van der Waals surface area contributed by atoms with Crippen molar-refractivity contribution in [2.24, 2.45) is 5.92 Å². The second-order valence-electron chi connectivity index (χ2n) is 6.17. The minimum atomic E-state index is -0.418. The molecule has 1 aliphatic heterocycles. The van der Waals surface area contributed by atoms with E-state index in [2.05, 4.69) is 17.5 Å². The van der Waals surface area contributed by atoms with E-state index in [-0.39, 0.29) is 29.4 Å². The highest BCUT2D eigenvalue weighted by molar-refractivity contribution is 6.31. The Morgan fingerprint density at radius 3 is 2.71 bits per heavy atom. The first-order valence-electron chi connectivity index (χ1n) is 7.71. The highest BCUT2D eigenvalue weighted by atomic mass is 35.5. The molecule has 4 nitrogen and oxygen atoms in total. The molecule has 0 fully saturated rings. The predicted octanol–water partition coefficient (Wildman–Crippen LogP) is 5.21. The molecule has 0 unspecified atom stereocenters. The van der Waals surface area contributed by atoms with Gasteiger partial charge in [-0.25, -0.2) is 4.39 Å². The summed E-state index contributed by atoms with van der Waals surface area (Å²) < 4.78 is 13.2. The van der Waals surface area contributed by atoms with Crippen LogP contribution in [0.2, 0.25) is 5.02 Å². The molecule has 4 rings (SSSR count). The van der Waals surface area contributed by atoms with Gasteiger partial charge in [0.2, 0.25) is 0 Å². The van der Waals surface area contributed by atoms with Gasteiger partial charge in [-0.15, -0.1) is 0 Å². The number of nitro groups is 1. The molecule has 24 heavy (non-hydrogen) atoms. The molecule has 1 heterocycles. The molecule has 3 atom stereocenters. The van der Waals surface area contributed by atoms with Crippen LogP contribution in [0.3, 0.4) is 0 Å². The van der Waals surface area contributed by atoms with Gasteiger partial charge in [-0.2, -0.15) is 0 Å². The molecule has 0 spiro atoms. The summed E-state index contributed by atoms with van der Waals surface area (Å²) in [4.78, 5) is 11.0. The van der Waals surface area contributed by atoms with E-state index in [4.69, 9.17) is 11.6 Å². The lowest BCUT2D eigenvalue weighted by atomic mass is 9.77. The number of rotatable bonds is 2. The number of anilines is 1. The Kier molecular flexibility index (Phi) is 3.53. The van der Waals surface area contributed by atoms with Crippen molar-refractivity contribution in [1.29, 1.82) is 0 Å². The molecule has 2 aromatic carbocycles. The molecule has 0 saturated carbocycles. The first kappa shape index (κ1) is 15.1. The maximum absolute atomic E-state index is 13.2. The van der Waals surface area contributed by atoms with Crippen molar-refractivity contribution < 1.29 is 9.31 Å². The minimum Gasteiger partial charge on any atom is -0.372 e. The molecule has 0 radical (unpaired) electrons. The summed E-state index contributed by atoms with van der Waals surface area (Å²) in [6.45, 7) is 0. The largest absolute Gasteiger partial charge is 0.372 e. The third-order valence-electron chi connectivity index (χ3n) is 4.84. The topological polar surface area (TPSA) is 55.2 Å². The number of hydrogen-bond donors (Lipinski definition) is 1. The Morgan fingerprint density at radius 1 is 1.25 bits per heavy atom. The monoisotopic (exact) mass is 344 g/mol. The lowest BCUT2D eigenvalue weighted by Crippen LogP contribution is -2.29. The van der Waals surface area contributed by atoms with Crippen molar-refractivity contribution in [3.8, 4) is 0 Å². The molecular formula is C18H14ClFN2O2. The number of hydrogen-bond acceptors (Lipinski definition) is 3. The zero-order valence-electron chi connectivity index (χ0n) is 12.6. The van der Waals surface area contributed by atoms with Crippen molar-refractivity contribution in [3.05, 3.63) is 80.6 Å². The maximum atomic E-state index is 13.2. The molecule has 1 N–H and O–H groups in total. The molecule has 0 amide bonds. The number of fused-ring (bicyclic) bond motifs is 3. The van der Waals surface area contributed by atoms with Crippen LogP contribution in [0.1, 0.15) is 29.5 Å². The summed E-state index contributed by atoms with van der Waals surface area (Å²) >= 11 is 6.09. The number of nitro benzene ring substituents is 1. The summed E-state index contributed by atoms with van der Waals surface area (Å²) in [5, 5.41) is 15.1. The molecule has 0 aromatic heterocycles. The molecule has 2 aromatic rings. The molecule has 6 heteroatoms. The van der Waals surface area contributed by atoms with E-state index in [1.165, 1.54) is 18.2 Å². The van der Waals surface area contributed by atoms with Crippen LogP contribution in [0, 0.1) is 21.8 Å². The van der Waals surface area contributed by atoms with Gasteiger partial charge in [0, 0.05) is 17.0 Å². The molecule has 0 bridgehead atoms. The smallest absolute Gasteiger partial charge is 0.294 e.